The fraction of sp³-hybridized carbons (Fsp3) is 0.316. The fourth-order valence-electron chi connectivity index (χ4n) is 2.45. The molecule has 2 heterocycles. The van der Waals surface area contributed by atoms with Crippen LogP contribution in [-0.2, 0) is 9.53 Å². The largest absolute Gasteiger partial charge is 0.465 e. The third-order valence-electron chi connectivity index (χ3n) is 3.89. The number of amides is 1. The highest BCUT2D eigenvalue weighted by atomic mass is 32.1. The topological polar surface area (TPSA) is 81.4 Å². The van der Waals surface area contributed by atoms with Gasteiger partial charge in [-0.05, 0) is 19.1 Å². The van der Waals surface area contributed by atoms with E-state index >= 15 is 0 Å². The fourth-order valence-corrected chi connectivity index (χ4v) is 3.47. The predicted molar refractivity (Wildman–Crippen MR) is 101 cm³/mol. The van der Waals surface area contributed by atoms with Crippen molar-refractivity contribution >= 4 is 39.3 Å². The Morgan fingerprint density at radius 3 is 2.54 bits per heavy atom. The van der Waals surface area contributed by atoms with E-state index in [2.05, 4.69) is 10.3 Å². The van der Waals surface area contributed by atoms with E-state index in [1.807, 2.05) is 24.3 Å². The van der Waals surface area contributed by atoms with Gasteiger partial charge in [-0.2, -0.15) is 0 Å². The molecule has 0 radical (unpaired) electrons. The van der Waals surface area contributed by atoms with Crippen LogP contribution in [0, 0.1) is 12.3 Å². The number of hydrogen-bond acceptors (Lipinski definition) is 6. The van der Waals surface area contributed by atoms with Crippen LogP contribution >= 0.6 is 11.3 Å². The Bertz CT molecular complexity index is 962. The van der Waals surface area contributed by atoms with Crippen molar-refractivity contribution in [2.24, 2.45) is 5.41 Å². The molecule has 26 heavy (non-hydrogen) atoms. The Morgan fingerprint density at radius 1 is 1.23 bits per heavy atom. The number of carbonyl (C=O) groups excluding carboxylic acids is 2. The van der Waals surface area contributed by atoms with Crippen LogP contribution in [-0.4, -0.2) is 24.0 Å². The molecule has 0 aliphatic heterocycles. The van der Waals surface area contributed by atoms with E-state index in [4.69, 9.17) is 9.15 Å². The van der Waals surface area contributed by atoms with Crippen LogP contribution in [0.4, 0.5) is 5.88 Å². The van der Waals surface area contributed by atoms with Crippen molar-refractivity contribution < 1.29 is 18.7 Å². The quantitative estimate of drug-likeness (QED) is 0.678. The van der Waals surface area contributed by atoms with Crippen LogP contribution in [0.1, 0.15) is 36.9 Å². The number of rotatable bonds is 3. The molecule has 1 amide bonds. The molecule has 0 atom stereocenters. The molecular weight excluding hydrogens is 352 g/mol. The van der Waals surface area contributed by atoms with Crippen LogP contribution in [0.5, 0.6) is 0 Å². The molecule has 1 aromatic carbocycles. The van der Waals surface area contributed by atoms with E-state index in [9.17, 15) is 9.59 Å². The van der Waals surface area contributed by atoms with E-state index < -0.39 is 11.4 Å². The molecule has 0 aliphatic rings. The third-order valence-corrected chi connectivity index (χ3v) is 4.94. The number of fused-ring (bicyclic) bond motifs is 1. The number of nitrogens with zero attached hydrogens (tertiary/aromatic N) is 1. The minimum absolute atomic E-state index is 0.210. The molecule has 0 saturated heterocycles. The van der Waals surface area contributed by atoms with Gasteiger partial charge in [0.15, 0.2) is 0 Å². The third kappa shape index (κ3) is 3.22. The number of benzene rings is 1. The van der Waals surface area contributed by atoms with Gasteiger partial charge in [0, 0.05) is 5.41 Å². The molecule has 0 saturated carbocycles. The molecule has 2 aromatic heterocycles. The zero-order valence-corrected chi connectivity index (χ0v) is 16.1. The highest BCUT2D eigenvalue weighted by Crippen LogP contribution is 2.41. The van der Waals surface area contributed by atoms with Crippen molar-refractivity contribution in [3.05, 3.63) is 35.6 Å². The van der Waals surface area contributed by atoms with Gasteiger partial charge in [0.2, 0.25) is 11.8 Å². The average molecular weight is 372 g/mol. The van der Waals surface area contributed by atoms with Gasteiger partial charge in [-0.3, -0.25) is 10.1 Å². The highest BCUT2D eigenvalue weighted by molar-refractivity contribution is 7.21. The van der Waals surface area contributed by atoms with Gasteiger partial charge >= 0.3 is 5.97 Å². The Hall–Kier alpha value is -2.67. The highest BCUT2D eigenvalue weighted by Gasteiger charge is 2.31. The van der Waals surface area contributed by atoms with E-state index in [-0.39, 0.29) is 17.4 Å². The molecular formula is C19H20N2O4S. The maximum Gasteiger partial charge on any atom is 0.342 e. The van der Waals surface area contributed by atoms with Gasteiger partial charge < -0.3 is 9.15 Å². The Morgan fingerprint density at radius 2 is 1.92 bits per heavy atom. The maximum absolute atomic E-state index is 12.4. The van der Waals surface area contributed by atoms with Crippen molar-refractivity contribution in [1.29, 1.82) is 0 Å². The lowest BCUT2D eigenvalue weighted by Crippen LogP contribution is -2.27. The van der Waals surface area contributed by atoms with E-state index in [1.54, 1.807) is 27.7 Å². The lowest BCUT2D eigenvalue weighted by atomic mass is 9.95. The Balaban J connectivity index is 2.19. The molecule has 0 spiro atoms. The number of carbonyl (C=O) groups is 2. The second kappa shape index (κ2) is 6.57. The van der Waals surface area contributed by atoms with Crippen molar-refractivity contribution in [3.8, 4) is 10.6 Å². The summed E-state index contributed by atoms with van der Waals surface area (Å²) >= 11 is 1.42. The summed E-state index contributed by atoms with van der Waals surface area (Å²) < 4.78 is 11.6. The van der Waals surface area contributed by atoms with E-state index in [1.165, 1.54) is 18.4 Å². The van der Waals surface area contributed by atoms with Crippen LogP contribution in [0.3, 0.4) is 0 Å². The first-order valence-electron chi connectivity index (χ1n) is 8.11. The van der Waals surface area contributed by atoms with Crippen LogP contribution in [0.2, 0.25) is 0 Å². The van der Waals surface area contributed by atoms with Gasteiger partial charge in [0.1, 0.15) is 16.3 Å². The normalized spacial score (nSPS) is 11.6. The van der Waals surface area contributed by atoms with Gasteiger partial charge in [-0.1, -0.05) is 32.9 Å². The van der Waals surface area contributed by atoms with Crippen molar-refractivity contribution in [2.45, 2.75) is 27.7 Å². The molecule has 0 unspecified atom stereocenters. The van der Waals surface area contributed by atoms with Crippen molar-refractivity contribution in [2.75, 3.05) is 12.4 Å². The molecule has 0 bridgehead atoms. The first-order valence-corrected chi connectivity index (χ1v) is 8.93. The second-order valence-corrected chi connectivity index (χ2v) is 7.95. The van der Waals surface area contributed by atoms with Crippen molar-refractivity contribution in [3.63, 3.8) is 0 Å². The smallest absolute Gasteiger partial charge is 0.342 e. The zero-order valence-electron chi connectivity index (χ0n) is 15.3. The second-order valence-electron chi connectivity index (χ2n) is 6.92. The number of aryl methyl sites for hydroxylation is 1. The number of methoxy groups -OCH3 is 1. The molecule has 7 heteroatoms. The summed E-state index contributed by atoms with van der Waals surface area (Å²) in [6.07, 6.45) is 0. The van der Waals surface area contributed by atoms with Gasteiger partial charge in [0.05, 0.1) is 22.9 Å². The number of thiazole rings is 1. The molecule has 3 rings (SSSR count). The van der Waals surface area contributed by atoms with E-state index in [0.29, 0.717) is 16.3 Å². The molecule has 6 nitrogen and oxygen atoms in total. The lowest BCUT2D eigenvalue weighted by molar-refractivity contribution is -0.123. The minimum Gasteiger partial charge on any atom is -0.465 e. The number of anilines is 1. The summed E-state index contributed by atoms with van der Waals surface area (Å²) in [5, 5.41) is 3.38. The number of ether oxygens (including phenoxy) is 1. The summed E-state index contributed by atoms with van der Waals surface area (Å²) in [5.74, 6) is -0.168. The molecule has 136 valence electrons. The summed E-state index contributed by atoms with van der Waals surface area (Å²) in [6.45, 7) is 7.07. The molecule has 1 N–H and O–H groups in total. The number of furan rings is 1. The van der Waals surface area contributed by atoms with Crippen molar-refractivity contribution in [1.82, 2.24) is 4.98 Å². The predicted octanol–water partition coefficient (Wildman–Crippen LogP) is 4.64. The van der Waals surface area contributed by atoms with Gasteiger partial charge in [-0.25, -0.2) is 9.78 Å². The lowest BCUT2D eigenvalue weighted by Gasteiger charge is -2.16. The first-order chi connectivity index (χ1) is 12.2. The Labute approximate surface area is 155 Å². The van der Waals surface area contributed by atoms with Gasteiger partial charge in [0.25, 0.3) is 0 Å². The monoisotopic (exact) mass is 372 g/mol. The molecule has 3 aromatic rings. The minimum atomic E-state index is -0.614. The Kier molecular flexibility index (Phi) is 4.58. The number of aromatic nitrogens is 1. The summed E-state index contributed by atoms with van der Waals surface area (Å²) in [7, 11) is 1.31. The first kappa shape index (κ1) is 18.1. The maximum atomic E-state index is 12.4. The molecule has 0 aliphatic carbocycles. The SMILES string of the molecule is COC(=O)c1c(C)oc(NC(=O)C(C)(C)C)c1-c1nc2ccccc2s1. The standard InChI is InChI=1S/C19H20N2O4S/c1-10-13(17(22)24-5)14(15(25-10)21-18(23)19(2,3)4)16-20-11-8-6-7-9-12(11)26-16/h6-9H,1-5H3,(H,21,23). The summed E-state index contributed by atoms with van der Waals surface area (Å²) in [5.41, 5.74) is 0.927. The van der Waals surface area contributed by atoms with Crippen LogP contribution < -0.4 is 5.32 Å². The number of nitrogens with one attached hydrogen (secondary N) is 1. The summed E-state index contributed by atoms with van der Waals surface area (Å²) in [4.78, 5) is 29.4. The molecule has 0 fully saturated rings. The van der Waals surface area contributed by atoms with Gasteiger partial charge in [-0.15, -0.1) is 11.3 Å². The summed E-state index contributed by atoms with van der Waals surface area (Å²) in [6, 6.07) is 7.67. The average Bonchev–Trinajstić information content (AvgIpc) is 3.13. The number of hydrogen-bond donors (Lipinski definition) is 1. The van der Waals surface area contributed by atoms with Crippen LogP contribution in [0.25, 0.3) is 20.8 Å². The van der Waals surface area contributed by atoms with E-state index in [0.717, 1.165) is 10.2 Å². The number of para-hydroxylation sites is 1. The van der Waals surface area contributed by atoms with Crippen LogP contribution in [0.15, 0.2) is 28.7 Å². The number of esters is 1. The zero-order chi connectivity index (χ0) is 19.1.